The van der Waals surface area contributed by atoms with Gasteiger partial charge in [-0.15, -0.1) is 0 Å². The number of rotatable bonds is 10. The molecule has 3 aromatic rings. The molecular weight excluding hydrogens is 492 g/mol. The lowest BCUT2D eigenvalue weighted by atomic mass is 10.0. The highest BCUT2D eigenvalue weighted by Gasteiger charge is 2.23. The Morgan fingerprint density at radius 2 is 1.78 bits per heavy atom. The number of nitrogens with zero attached hydrogens (tertiary/aromatic N) is 2. The summed E-state index contributed by atoms with van der Waals surface area (Å²) in [6.45, 7) is 7.34. The van der Waals surface area contributed by atoms with E-state index in [0.717, 1.165) is 61.4 Å². The summed E-state index contributed by atoms with van der Waals surface area (Å²) < 4.78 is 35.6. The summed E-state index contributed by atoms with van der Waals surface area (Å²) in [5.74, 6) is 1.92. The Kier molecular flexibility index (Phi) is 8.50. The Morgan fingerprint density at radius 3 is 2.35 bits per heavy atom. The maximum absolute atomic E-state index is 12.7. The Balaban J connectivity index is 1.41. The first kappa shape index (κ1) is 26.7. The largest absolute Gasteiger partial charge is 0.493 e. The molecule has 37 heavy (non-hydrogen) atoms. The number of carbonyl (C=O) groups excluding carboxylic acids is 1. The van der Waals surface area contributed by atoms with E-state index in [1.807, 2.05) is 26.0 Å². The quantitative estimate of drug-likeness (QED) is 0.414. The molecule has 1 aromatic heterocycles. The van der Waals surface area contributed by atoms with Crippen molar-refractivity contribution >= 4 is 15.7 Å². The van der Waals surface area contributed by atoms with Gasteiger partial charge in [-0.3, -0.25) is 9.69 Å². The van der Waals surface area contributed by atoms with Crippen LogP contribution in [-0.4, -0.2) is 67.8 Å². The molecule has 0 bridgehead atoms. The molecule has 198 valence electrons. The zero-order valence-corrected chi connectivity index (χ0v) is 22.3. The number of aromatic amines is 1. The summed E-state index contributed by atoms with van der Waals surface area (Å²) in [4.78, 5) is 22.8. The van der Waals surface area contributed by atoms with Gasteiger partial charge in [-0.1, -0.05) is 6.07 Å². The fraction of sp³-hybridized carbons (Fsp3) is 0.407. The van der Waals surface area contributed by atoms with Gasteiger partial charge in [0.1, 0.15) is 22.9 Å². The van der Waals surface area contributed by atoms with Gasteiger partial charge in [0.15, 0.2) is 9.84 Å². The summed E-state index contributed by atoms with van der Waals surface area (Å²) >= 11 is 0. The Labute approximate surface area is 218 Å². The lowest BCUT2D eigenvalue weighted by molar-refractivity contribution is 0.0908. The molecule has 0 aliphatic carbocycles. The average molecular weight is 527 g/mol. The maximum Gasteiger partial charge on any atom is 0.251 e. The third-order valence-electron chi connectivity index (χ3n) is 6.31. The molecule has 2 aromatic carbocycles. The second-order valence-electron chi connectivity index (χ2n) is 9.09. The predicted molar refractivity (Wildman–Crippen MR) is 142 cm³/mol. The van der Waals surface area contributed by atoms with Gasteiger partial charge in [0.05, 0.1) is 18.1 Å². The number of piperidine rings is 1. The van der Waals surface area contributed by atoms with Crippen LogP contribution in [0.1, 0.15) is 42.6 Å². The first-order chi connectivity index (χ1) is 17.8. The third-order valence-corrected chi connectivity index (χ3v) is 7.42. The van der Waals surface area contributed by atoms with Crippen LogP contribution in [0.4, 0.5) is 0 Å². The number of aromatic nitrogens is 2. The van der Waals surface area contributed by atoms with Gasteiger partial charge in [-0.25, -0.2) is 13.4 Å². The standard InChI is InChI=1S/C27H34N4O5S/c1-4-35-23-15-19(16-24(36-5-2)25(23)26-28-11-12-29-26)18-31-13-9-21(10-14-31)30-27(32)20-7-6-8-22(17-20)37(3,33)34/h6-8,11-12,15-17,21H,4-5,9-10,13-14,18H2,1-3H3,(H,28,29)(H,30,32). The molecule has 0 radical (unpaired) electrons. The third kappa shape index (κ3) is 6.69. The van der Waals surface area contributed by atoms with E-state index in [9.17, 15) is 13.2 Å². The van der Waals surface area contributed by atoms with Crippen molar-refractivity contribution in [2.45, 2.75) is 44.2 Å². The molecule has 4 rings (SSSR count). The van der Waals surface area contributed by atoms with Gasteiger partial charge >= 0.3 is 0 Å². The smallest absolute Gasteiger partial charge is 0.251 e. The first-order valence-corrected chi connectivity index (χ1v) is 14.4. The summed E-state index contributed by atoms with van der Waals surface area (Å²) in [5.41, 5.74) is 2.26. The van der Waals surface area contributed by atoms with Crippen LogP contribution in [0.15, 0.2) is 53.7 Å². The van der Waals surface area contributed by atoms with Crippen molar-refractivity contribution in [1.82, 2.24) is 20.2 Å². The summed E-state index contributed by atoms with van der Waals surface area (Å²) in [7, 11) is -3.37. The van der Waals surface area contributed by atoms with Crippen LogP contribution in [-0.2, 0) is 16.4 Å². The topological polar surface area (TPSA) is 114 Å². The number of hydrogen-bond donors (Lipinski definition) is 2. The molecule has 1 aliphatic heterocycles. The molecule has 1 aliphatic rings. The number of imidazole rings is 1. The number of carbonyl (C=O) groups is 1. The van der Waals surface area contributed by atoms with Crippen LogP contribution in [0.2, 0.25) is 0 Å². The first-order valence-electron chi connectivity index (χ1n) is 12.5. The van der Waals surface area contributed by atoms with E-state index in [-0.39, 0.29) is 16.8 Å². The molecule has 0 spiro atoms. The molecule has 0 unspecified atom stereocenters. The highest BCUT2D eigenvalue weighted by molar-refractivity contribution is 7.90. The van der Waals surface area contributed by atoms with Crippen molar-refractivity contribution in [2.75, 3.05) is 32.6 Å². The van der Waals surface area contributed by atoms with Crippen molar-refractivity contribution < 1.29 is 22.7 Å². The van der Waals surface area contributed by atoms with Crippen LogP contribution in [0, 0.1) is 0 Å². The number of benzene rings is 2. The Morgan fingerprint density at radius 1 is 1.11 bits per heavy atom. The highest BCUT2D eigenvalue weighted by atomic mass is 32.2. The number of likely N-dealkylation sites (tertiary alicyclic amines) is 1. The minimum Gasteiger partial charge on any atom is -0.493 e. The van der Waals surface area contributed by atoms with E-state index in [1.54, 1.807) is 24.5 Å². The zero-order valence-electron chi connectivity index (χ0n) is 21.5. The minimum absolute atomic E-state index is 0.0324. The molecule has 2 heterocycles. The van der Waals surface area contributed by atoms with Crippen LogP contribution in [0.25, 0.3) is 11.4 Å². The van der Waals surface area contributed by atoms with Gasteiger partial charge < -0.3 is 19.8 Å². The normalized spacial score (nSPS) is 14.9. The summed E-state index contributed by atoms with van der Waals surface area (Å²) in [6.07, 6.45) is 6.23. The number of amides is 1. The summed E-state index contributed by atoms with van der Waals surface area (Å²) in [6, 6.07) is 10.3. The summed E-state index contributed by atoms with van der Waals surface area (Å²) in [5, 5.41) is 3.06. The van der Waals surface area contributed by atoms with E-state index in [2.05, 4.69) is 20.2 Å². The number of nitrogens with one attached hydrogen (secondary N) is 2. The SMILES string of the molecule is CCOc1cc(CN2CCC(NC(=O)c3cccc(S(C)(=O)=O)c3)CC2)cc(OCC)c1-c1ncc[nH]1. The number of H-pyrrole nitrogens is 1. The van der Waals surface area contributed by atoms with E-state index >= 15 is 0 Å². The highest BCUT2D eigenvalue weighted by Crippen LogP contribution is 2.38. The fourth-order valence-electron chi connectivity index (χ4n) is 4.54. The van der Waals surface area contributed by atoms with Crippen LogP contribution in [0.3, 0.4) is 0 Å². The van der Waals surface area contributed by atoms with Crippen LogP contribution >= 0.6 is 0 Å². The van der Waals surface area contributed by atoms with Crippen molar-refractivity contribution in [2.24, 2.45) is 0 Å². The second-order valence-corrected chi connectivity index (χ2v) is 11.1. The van der Waals surface area contributed by atoms with Gasteiger partial charge in [0.2, 0.25) is 0 Å². The van der Waals surface area contributed by atoms with Gasteiger partial charge in [0.25, 0.3) is 5.91 Å². The molecule has 0 atom stereocenters. The molecule has 1 amide bonds. The van der Waals surface area contributed by atoms with Crippen molar-refractivity contribution in [3.8, 4) is 22.9 Å². The number of hydrogen-bond acceptors (Lipinski definition) is 7. The lowest BCUT2D eigenvalue weighted by Gasteiger charge is -2.32. The predicted octanol–water partition coefficient (Wildman–Crippen LogP) is 3.67. The van der Waals surface area contributed by atoms with Crippen molar-refractivity contribution in [1.29, 1.82) is 0 Å². The zero-order chi connectivity index (χ0) is 26.4. The van der Waals surface area contributed by atoms with Gasteiger partial charge in [0, 0.05) is 49.9 Å². The minimum atomic E-state index is -3.37. The molecule has 9 nitrogen and oxygen atoms in total. The maximum atomic E-state index is 12.7. The molecular formula is C27H34N4O5S. The van der Waals surface area contributed by atoms with E-state index < -0.39 is 9.84 Å². The Bertz CT molecular complexity index is 1290. The van der Waals surface area contributed by atoms with Gasteiger partial charge in [-0.05, 0) is 62.6 Å². The van der Waals surface area contributed by atoms with Crippen molar-refractivity contribution in [3.05, 3.63) is 59.9 Å². The molecule has 10 heteroatoms. The van der Waals surface area contributed by atoms with E-state index in [0.29, 0.717) is 24.6 Å². The fourth-order valence-corrected chi connectivity index (χ4v) is 5.21. The van der Waals surface area contributed by atoms with Crippen molar-refractivity contribution in [3.63, 3.8) is 0 Å². The number of ether oxygens (including phenoxy) is 2. The van der Waals surface area contributed by atoms with Crippen LogP contribution in [0.5, 0.6) is 11.5 Å². The monoisotopic (exact) mass is 526 g/mol. The Hall–Kier alpha value is -3.37. The van der Waals surface area contributed by atoms with E-state index in [1.165, 1.54) is 12.1 Å². The lowest BCUT2D eigenvalue weighted by Crippen LogP contribution is -2.44. The van der Waals surface area contributed by atoms with Gasteiger partial charge in [-0.2, -0.15) is 0 Å². The van der Waals surface area contributed by atoms with E-state index in [4.69, 9.17) is 9.47 Å². The second kappa shape index (κ2) is 11.8. The van der Waals surface area contributed by atoms with Crippen LogP contribution < -0.4 is 14.8 Å². The molecule has 1 fully saturated rings. The molecule has 1 saturated heterocycles. The number of sulfone groups is 1. The average Bonchev–Trinajstić information content (AvgIpc) is 3.40. The molecule has 2 N–H and O–H groups in total. The molecule has 0 saturated carbocycles.